The average Bonchev–Trinajstić information content (AvgIpc) is 2.63. The van der Waals surface area contributed by atoms with E-state index in [0.717, 1.165) is 35.5 Å². The predicted molar refractivity (Wildman–Crippen MR) is 98.6 cm³/mol. The van der Waals surface area contributed by atoms with Crippen LogP contribution in [0.3, 0.4) is 0 Å². The van der Waals surface area contributed by atoms with Crippen molar-refractivity contribution in [3.8, 4) is 5.75 Å². The van der Waals surface area contributed by atoms with Crippen LogP contribution >= 0.6 is 0 Å². The molecular weight excluding hydrogens is 330 g/mol. The Kier molecular flexibility index (Phi) is 4.65. The molecule has 0 saturated heterocycles. The Balaban J connectivity index is 2.19. The van der Waals surface area contributed by atoms with Crippen molar-refractivity contribution in [2.45, 2.75) is 39.5 Å². The highest BCUT2D eigenvalue weighted by Gasteiger charge is 2.44. The van der Waals surface area contributed by atoms with Gasteiger partial charge in [-0.2, -0.15) is 0 Å². The largest absolute Gasteiger partial charge is 0.497 e. The van der Waals surface area contributed by atoms with Crippen molar-refractivity contribution >= 4 is 11.8 Å². The van der Waals surface area contributed by atoms with Gasteiger partial charge in [0.05, 0.1) is 19.8 Å². The fraction of sp³-hybridized carbons (Fsp3) is 0.429. The molecule has 0 fully saturated rings. The van der Waals surface area contributed by atoms with Crippen LogP contribution in [0.25, 0.3) is 0 Å². The summed E-state index contributed by atoms with van der Waals surface area (Å²) in [5, 5.41) is 3.29. The molecule has 138 valence electrons. The number of rotatable bonds is 3. The molecule has 1 aliphatic carbocycles. The first-order valence-electron chi connectivity index (χ1n) is 8.78. The highest BCUT2D eigenvalue weighted by atomic mass is 16.5. The summed E-state index contributed by atoms with van der Waals surface area (Å²) in [5.41, 5.74) is 3.26. The Morgan fingerprint density at radius 3 is 2.42 bits per heavy atom. The Bertz CT molecular complexity index is 815. The van der Waals surface area contributed by atoms with E-state index >= 15 is 0 Å². The van der Waals surface area contributed by atoms with Crippen LogP contribution in [0.4, 0.5) is 0 Å². The molecule has 1 atom stereocenters. The fourth-order valence-corrected chi connectivity index (χ4v) is 3.79. The second-order valence-corrected chi connectivity index (χ2v) is 7.47. The third-order valence-electron chi connectivity index (χ3n) is 5.36. The van der Waals surface area contributed by atoms with Crippen molar-refractivity contribution in [2.75, 3.05) is 14.2 Å². The zero-order valence-electron chi connectivity index (χ0n) is 15.9. The first kappa shape index (κ1) is 18.2. The number of esters is 1. The van der Waals surface area contributed by atoms with E-state index < -0.39 is 17.3 Å². The lowest BCUT2D eigenvalue weighted by Gasteiger charge is -2.39. The van der Waals surface area contributed by atoms with E-state index in [1.54, 1.807) is 7.11 Å². The number of methoxy groups -OCH3 is 2. The number of ketones is 1. The van der Waals surface area contributed by atoms with Gasteiger partial charge in [-0.15, -0.1) is 0 Å². The van der Waals surface area contributed by atoms with Crippen LogP contribution in [0, 0.1) is 5.41 Å². The molecule has 0 amide bonds. The Labute approximate surface area is 154 Å². The number of hydrogen-bond acceptors (Lipinski definition) is 5. The first-order chi connectivity index (χ1) is 12.3. The molecule has 1 unspecified atom stereocenters. The van der Waals surface area contributed by atoms with Crippen molar-refractivity contribution < 1.29 is 19.1 Å². The zero-order chi connectivity index (χ0) is 19.1. The lowest BCUT2D eigenvalue weighted by atomic mass is 9.67. The van der Waals surface area contributed by atoms with Gasteiger partial charge in [-0.1, -0.05) is 26.0 Å². The summed E-state index contributed by atoms with van der Waals surface area (Å²) >= 11 is 0. The number of allylic oxidation sites excluding steroid dienone is 3. The maximum atomic E-state index is 13.3. The Morgan fingerprint density at radius 1 is 1.19 bits per heavy atom. The molecule has 1 aromatic carbocycles. The molecule has 1 heterocycles. The number of carbonyl (C=O) groups is 2. The molecule has 0 spiro atoms. The van der Waals surface area contributed by atoms with Crippen molar-refractivity contribution in [1.29, 1.82) is 0 Å². The fourth-order valence-electron chi connectivity index (χ4n) is 3.79. The summed E-state index contributed by atoms with van der Waals surface area (Å²) in [5.74, 6) is -0.0382. The predicted octanol–water partition coefficient (Wildman–Crippen LogP) is 3.47. The summed E-state index contributed by atoms with van der Waals surface area (Å²) in [6, 6.07) is 7.51. The number of benzene rings is 1. The molecule has 1 aromatic rings. The van der Waals surface area contributed by atoms with Crippen LogP contribution in [0.1, 0.15) is 45.1 Å². The number of nitrogens with one attached hydrogen (secondary N) is 1. The summed E-state index contributed by atoms with van der Waals surface area (Å²) in [6.45, 7) is 5.79. The summed E-state index contributed by atoms with van der Waals surface area (Å²) in [4.78, 5) is 25.8. The van der Waals surface area contributed by atoms with E-state index in [1.165, 1.54) is 7.11 Å². The van der Waals surface area contributed by atoms with E-state index in [-0.39, 0.29) is 5.78 Å². The molecule has 5 nitrogen and oxygen atoms in total. The van der Waals surface area contributed by atoms with Crippen LogP contribution in [-0.2, 0) is 14.3 Å². The van der Waals surface area contributed by atoms with Crippen LogP contribution in [0.5, 0.6) is 5.75 Å². The Morgan fingerprint density at radius 2 is 1.85 bits per heavy atom. The molecule has 0 bridgehead atoms. The van der Waals surface area contributed by atoms with E-state index in [1.807, 2.05) is 45.0 Å². The van der Waals surface area contributed by atoms with Gasteiger partial charge in [0.25, 0.3) is 0 Å². The van der Waals surface area contributed by atoms with Gasteiger partial charge in [-0.3, -0.25) is 4.79 Å². The van der Waals surface area contributed by atoms with Crippen molar-refractivity contribution in [2.24, 2.45) is 5.41 Å². The standard InChI is InChI=1S/C21H25NO4/c1-12-16(20(24)26-5)17(13-6-8-14(25-4)9-7-13)18-15(22-12)10-11-21(2,3)19(18)23/h6-9,17,22H,10-11H2,1-5H3. The molecule has 26 heavy (non-hydrogen) atoms. The topological polar surface area (TPSA) is 64.6 Å². The van der Waals surface area contributed by atoms with E-state index in [2.05, 4.69) is 5.32 Å². The second-order valence-electron chi connectivity index (χ2n) is 7.47. The molecule has 1 aliphatic heterocycles. The summed E-state index contributed by atoms with van der Waals surface area (Å²) < 4.78 is 10.3. The lowest BCUT2D eigenvalue weighted by Crippen LogP contribution is -2.40. The third-order valence-corrected chi connectivity index (χ3v) is 5.36. The van der Waals surface area contributed by atoms with E-state index in [9.17, 15) is 9.59 Å². The summed E-state index contributed by atoms with van der Waals surface area (Å²) in [6.07, 6.45) is 1.57. The number of dihydropyridines is 1. The minimum absolute atomic E-state index is 0.0842. The molecule has 5 heteroatoms. The van der Waals surface area contributed by atoms with Gasteiger partial charge < -0.3 is 14.8 Å². The zero-order valence-corrected chi connectivity index (χ0v) is 15.9. The highest BCUT2D eigenvalue weighted by molar-refractivity contribution is 6.06. The number of carbonyl (C=O) groups excluding carboxylic acids is 2. The molecule has 2 aliphatic rings. The lowest BCUT2D eigenvalue weighted by molar-refractivity contribution is -0.136. The van der Waals surface area contributed by atoms with Crippen LogP contribution in [0.15, 0.2) is 46.8 Å². The normalized spacial score (nSPS) is 21.9. The highest BCUT2D eigenvalue weighted by Crippen LogP contribution is 2.47. The van der Waals surface area contributed by atoms with Gasteiger partial charge in [0, 0.05) is 28.3 Å². The van der Waals surface area contributed by atoms with Gasteiger partial charge in [-0.25, -0.2) is 4.79 Å². The van der Waals surface area contributed by atoms with Gasteiger partial charge in [-0.05, 0) is 37.5 Å². The van der Waals surface area contributed by atoms with Crippen molar-refractivity contribution in [3.63, 3.8) is 0 Å². The van der Waals surface area contributed by atoms with Crippen LogP contribution in [0.2, 0.25) is 0 Å². The third kappa shape index (κ3) is 2.91. The van der Waals surface area contributed by atoms with Crippen LogP contribution in [-0.4, -0.2) is 26.0 Å². The monoisotopic (exact) mass is 355 g/mol. The molecule has 0 radical (unpaired) electrons. The van der Waals surface area contributed by atoms with E-state index in [0.29, 0.717) is 11.1 Å². The van der Waals surface area contributed by atoms with Gasteiger partial charge in [0.1, 0.15) is 5.75 Å². The smallest absolute Gasteiger partial charge is 0.336 e. The minimum atomic E-state index is -0.447. The maximum Gasteiger partial charge on any atom is 0.336 e. The molecule has 1 N–H and O–H groups in total. The second kappa shape index (κ2) is 6.63. The first-order valence-corrected chi connectivity index (χ1v) is 8.78. The SMILES string of the molecule is COC(=O)C1=C(C)NC2=C(C(=O)C(C)(C)CC2)C1c1ccc(OC)cc1. The van der Waals surface area contributed by atoms with Gasteiger partial charge in [0.15, 0.2) is 5.78 Å². The maximum absolute atomic E-state index is 13.3. The van der Waals surface area contributed by atoms with E-state index in [4.69, 9.17) is 9.47 Å². The number of ether oxygens (including phenoxy) is 2. The van der Waals surface area contributed by atoms with Gasteiger partial charge in [0.2, 0.25) is 0 Å². The number of Topliss-reactive ketones (excluding diaryl/α,β-unsaturated/α-hetero) is 1. The van der Waals surface area contributed by atoms with Crippen molar-refractivity contribution in [1.82, 2.24) is 5.32 Å². The molecular formula is C21H25NO4. The molecule has 0 aromatic heterocycles. The molecule has 0 saturated carbocycles. The minimum Gasteiger partial charge on any atom is -0.497 e. The quantitative estimate of drug-likeness (QED) is 0.841. The van der Waals surface area contributed by atoms with Crippen LogP contribution < -0.4 is 10.1 Å². The summed E-state index contributed by atoms with van der Waals surface area (Å²) in [7, 11) is 2.97. The van der Waals surface area contributed by atoms with Gasteiger partial charge >= 0.3 is 5.97 Å². The Hall–Kier alpha value is -2.56. The number of hydrogen-bond donors (Lipinski definition) is 1. The van der Waals surface area contributed by atoms with Crippen molar-refractivity contribution in [3.05, 3.63) is 52.4 Å². The molecule has 3 rings (SSSR count). The average molecular weight is 355 g/mol.